The van der Waals surface area contributed by atoms with Crippen molar-refractivity contribution in [2.75, 3.05) is 12.3 Å². The van der Waals surface area contributed by atoms with Crippen LogP contribution >= 0.6 is 0 Å². The van der Waals surface area contributed by atoms with Gasteiger partial charge >= 0.3 is 5.69 Å². The number of ether oxygens (including phenoxy) is 1. The van der Waals surface area contributed by atoms with Gasteiger partial charge in [0.25, 0.3) is 0 Å². The third-order valence-corrected chi connectivity index (χ3v) is 2.64. The maximum absolute atomic E-state index is 11.6. The number of aromatic nitrogens is 2. The minimum Gasteiger partial charge on any atom is -0.394 e. The number of anilines is 1. The molecule has 2 rings (SSSR count). The van der Waals surface area contributed by atoms with Gasteiger partial charge in [0.05, 0.1) is 6.61 Å². The smallest absolute Gasteiger partial charge is 0.351 e. The first kappa shape index (κ1) is 11.8. The summed E-state index contributed by atoms with van der Waals surface area (Å²) < 4.78 is 6.49. The molecule has 1 aliphatic rings. The van der Waals surface area contributed by atoms with Crippen molar-refractivity contribution in [2.45, 2.75) is 18.4 Å². The first-order valence-corrected chi connectivity index (χ1v) is 5.02. The zero-order valence-corrected chi connectivity index (χ0v) is 8.98. The molecule has 0 spiro atoms. The highest BCUT2D eigenvalue weighted by Crippen LogP contribution is 2.31. The summed E-state index contributed by atoms with van der Waals surface area (Å²) in [4.78, 5) is 15.1. The molecule has 0 bridgehead atoms. The minimum absolute atomic E-state index is 0.106. The lowest BCUT2D eigenvalue weighted by atomic mass is 10.1. The Kier molecular flexibility index (Phi) is 2.97. The fourth-order valence-electron chi connectivity index (χ4n) is 1.70. The van der Waals surface area contributed by atoms with Crippen molar-refractivity contribution in [2.24, 2.45) is 0 Å². The Morgan fingerprint density at radius 2 is 2.35 bits per heavy atom. The highest BCUT2D eigenvalue weighted by Gasteiger charge is 2.38. The molecule has 92 valence electrons. The maximum Gasteiger partial charge on any atom is 0.351 e. The van der Waals surface area contributed by atoms with E-state index in [1.54, 1.807) is 0 Å². The van der Waals surface area contributed by atoms with Crippen LogP contribution in [0.3, 0.4) is 0 Å². The lowest BCUT2D eigenvalue weighted by Crippen LogP contribution is -2.28. The Bertz CT molecular complexity index is 499. The SMILES string of the molecule is C=C1C(n2ccc(N)nc2=O)O[C@H](CO)[C@H]1O. The van der Waals surface area contributed by atoms with Gasteiger partial charge in [-0.15, -0.1) is 0 Å². The second-order valence-corrected chi connectivity index (χ2v) is 3.77. The Hall–Kier alpha value is -1.70. The molecule has 0 aromatic carbocycles. The minimum atomic E-state index is -1.01. The van der Waals surface area contributed by atoms with Crippen molar-refractivity contribution in [1.29, 1.82) is 0 Å². The van der Waals surface area contributed by atoms with E-state index in [1.165, 1.54) is 12.3 Å². The normalized spacial score (nSPS) is 28.6. The van der Waals surface area contributed by atoms with Crippen molar-refractivity contribution >= 4 is 5.82 Å². The average Bonchev–Trinajstić information content (AvgIpc) is 2.57. The average molecular weight is 239 g/mol. The molecule has 17 heavy (non-hydrogen) atoms. The highest BCUT2D eigenvalue weighted by molar-refractivity contribution is 5.24. The fourth-order valence-corrected chi connectivity index (χ4v) is 1.70. The largest absolute Gasteiger partial charge is 0.394 e. The molecule has 3 atom stereocenters. The summed E-state index contributed by atoms with van der Waals surface area (Å²) >= 11 is 0. The van der Waals surface area contributed by atoms with E-state index in [9.17, 15) is 9.90 Å². The second kappa shape index (κ2) is 4.28. The predicted molar refractivity (Wildman–Crippen MR) is 59.1 cm³/mol. The maximum atomic E-state index is 11.6. The van der Waals surface area contributed by atoms with Crippen LogP contribution in [0.15, 0.2) is 29.2 Å². The van der Waals surface area contributed by atoms with Gasteiger partial charge in [-0.25, -0.2) is 4.79 Å². The Balaban J connectivity index is 2.35. The van der Waals surface area contributed by atoms with Gasteiger partial charge in [0, 0.05) is 11.8 Å². The molecule has 0 amide bonds. The molecule has 4 N–H and O–H groups in total. The monoisotopic (exact) mass is 239 g/mol. The lowest BCUT2D eigenvalue weighted by molar-refractivity contribution is -0.0447. The Labute approximate surface area is 96.8 Å². The van der Waals surface area contributed by atoms with E-state index in [2.05, 4.69) is 11.6 Å². The standard InChI is InChI=1S/C10H13N3O4/c1-5-8(15)6(4-14)17-9(5)13-3-2-7(11)12-10(13)16/h2-3,6,8-9,14-15H,1,4H2,(H2,11,12,16)/t6-,8+,9?/m1/s1. The quantitative estimate of drug-likeness (QED) is 0.549. The summed E-state index contributed by atoms with van der Waals surface area (Å²) in [6.45, 7) is 3.30. The van der Waals surface area contributed by atoms with Crippen LogP contribution in [0.25, 0.3) is 0 Å². The molecule has 1 fully saturated rings. The number of nitrogens with zero attached hydrogens (tertiary/aromatic N) is 2. The van der Waals surface area contributed by atoms with E-state index < -0.39 is 24.1 Å². The van der Waals surface area contributed by atoms with E-state index in [0.717, 1.165) is 4.57 Å². The van der Waals surface area contributed by atoms with Crippen molar-refractivity contribution in [3.8, 4) is 0 Å². The molecular weight excluding hydrogens is 226 g/mol. The van der Waals surface area contributed by atoms with Crippen molar-refractivity contribution < 1.29 is 14.9 Å². The van der Waals surface area contributed by atoms with Gasteiger partial charge in [0.2, 0.25) is 0 Å². The number of nitrogens with two attached hydrogens (primary N) is 1. The molecule has 1 aromatic heterocycles. The predicted octanol–water partition coefficient (Wildman–Crippen LogP) is -1.37. The van der Waals surface area contributed by atoms with Crippen molar-refractivity contribution in [3.05, 3.63) is 34.9 Å². The van der Waals surface area contributed by atoms with E-state index >= 15 is 0 Å². The van der Waals surface area contributed by atoms with E-state index in [-0.39, 0.29) is 12.4 Å². The van der Waals surface area contributed by atoms with Gasteiger partial charge in [-0.3, -0.25) is 4.57 Å². The third-order valence-electron chi connectivity index (χ3n) is 2.64. The fraction of sp³-hybridized carbons (Fsp3) is 0.400. The molecule has 7 nitrogen and oxygen atoms in total. The molecule has 0 saturated carbocycles. The number of nitrogen functional groups attached to an aromatic ring is 1. The van der Waals surface area contributed by atoms with Crippen LogP contribution in [0.2, 0.25) is 0 Å². The van der Waals surface area contributed by atoms with Crippen LogP contribution in [0, 0.1) is 0 Å². The van der Waals surface area contributed by atoms with Gasteiger partial charge in [-0.2, -0.15) is 4.98 Å². The number of aliphatic hydroxyl groups excluding tert-OH is 2. The summed E-state index contributed by atoms with van der Waals surface area (Å²) in [7, 11) is 0. The first-order chi connectivity index (χ1) is 8.04. The van der Waals surface area contributed by atoms with E-state index in [0.29, 0.717) is 5.57 Å². The topological polar surface area (TPSA) is 111 Å². The van der Waals surface area contributed by atoms with Crippen LogP contribution in [-0.4, -0.2) is 38.6 Å². The molecule has 7 heteroatoms. The van der Waals surface area contributed by atoms with E-state index in [1.807, 2.05) is 0 Å². The van der Waals surface area contributed by atoms with Crippen LogP contribution in [0.4, 0.5) is 5.82 Å². The summed E-state index contributed by atoms with van der Waals surface area (Å²) in [5.41, 5.74) is 5.07. The van der Waals surface area contributed by atoms with Crippen molar-refractivity contribution in [3.63, 3.8) is 0 Å². The molecule has 0 aliphatic carbocycles. The third kappa shape index (κ3) is 1.95. The molecule has 1 unspecified atom stereocenters. The summed E-state index contributed by atoms with van der Waals surface area (Å²) in [6.07, 6.45) is -1.21. The van der Waals surface area contributed by atoms with Gasteiger partial charge in [0.1, 0.15) is 18.0 Å². The summed E-state index contributed by atoms with van der Waals surface area (Å²) in [5, 5.41) is 18.7. The Morgan fingerprint density at radius 1 is 1.65 bits per heavy atom. The molecule has 0 radical (unpaired) electrons. The van der Waals surface area contributed by atoms with Gasteiger partial charge in [0.15, 0.2) is 6.23 Å². The first-order valence-electron chi connectivity index (χ1n) is 5.02. The molecular formula is C10H13N3O4. The summed E-state index contributed by atoms with van der Waals surface area (Å²) in [6, 6.07) is 1.44. The number of hydrogen-bond acceptors (Lipinski definition) is 6. The zero-order chi connectivity index (χ0) is 12.6. The molecule has 1 aliphatic heterocycles. The highest BCUT2D eigenvalue weighted by atomic mass is 16.5. The van der Waals surface area contributed by atoms with Crippen LogP contribution in [-0.2, 0) is 4.74 Å². The number of rotatable bonds is 2. The number of hydrogen-bond donors (Lipinski definition) is 3. The lowest BCUT2D eigenvalue weighted by Gasteiger charge is -2.14. The number of aliphatic hydroxyl groups is 2. The van der Waals surface area contributed by atoms with Gasteiger partial charge in [-0.05, 0) is 6.07 Å². The molecule has 1 aromatic rings. The molecule has 1 saturated heterocycles. The van der Waals surface area contributed by atoms with Gasteiger partial charge < -0.3 is 20.7 Å². The van der Waals surface area contributed by atoms with Crippen LogP contribution < -0.4 is 11.4 Å². The summed E-state index contributed by atoms with van der Waals surface area (Å²) in [5.74, 6) is 0.106. The molecule has 2 heterocycles. The van der Waals surface area contributed by atoms with Crippen LogP contribution in [0.5, 0.6) is 0 Å². The van der Waals surface area contributed by atoms with E-state index in [4.69, 9.17) is 15.6 Å². The van der Waals surface area contributed by atoms with Crippen molar-refractivity contribution in [1.82, 2.24) is 9.55 Å². The Morgan fingerprint density at radius 3 is 2.88 bits per heavy atom. The van der Waals surface area contributed by atoms with Gasteiger partial charge in [-0.1, -0.05) is 6.58 Å². The zero-order valence-electron chi connectivity index (χ0n) is 8.98. The second-order valence-electron chi connectivity index (χ2n) is 3.77. The van der Waals surface area contributed by atoms with Crippen LogP contribution in [0.1, 0.15) is 6.23 Å².